The van der Waals surface area contributed by atoms with Gasteiger partial charge in [-0.2, -0.15) is 0 Å². The molecule has 0 fully saturated rings. The van der Waals surface area contributed by atoms with E-state index in [-0.39, 0.29) is 10.8 Å². The number of nitrogens with one attached hydrogen (secondary N) is 2. The largest absolute Gasteiger partial charge is 0.325 e. The molecule has 5 nitrogen and oxygen atoms in total. The van der Waals surface area contributed by atoms with Crippen LogP contribution < -0.4 is 10.0 Å². The highest BCUT2D eigenvalue weighted by atomic mass is 79.9. The third-order valence-electron chi connectivity index (χ3n) is 4.53. The molecule has 8 heteroatoms. The lowest BCUT2D eigenvalue weighted by Crippen LogP contribution is -2.15. The Balaban J connectivity index is 1.57. The van der Waals surface area contributed by atoms with E-state index in [1.807, 2.05) is 50.2 Å². The zero-order valence-corrected chi connectivity index (χ0v) is 20.4. The molecule has 3 rings (SSSR count). The average Bonchev–Trinajstić information content (AvgIpc) is 2.72. The molecule has 0 aromatic heterocycles. The standard InChI is InChI=1S/C23H23BrN2O3S2/c1-16-7-8-17(2)22(13-16)26-31(28,29)20-11-9-19(10-12-20)25-23(27)15-30-14-18-5-3-4-6-21(18)24/h3-13,26H,14-15H2,1-2H3,(H,25,27). The highest BCUT2D eigenvalue weighted by Gasteiger charge is 2.15. The number of hydrogen-bond donors (Lipinski definition) is 2. The number of hydrogen-bond acceptors (Lipinski definition) is 4. The SMILES string of the molecule is Cc1ccc(C)c(NS(=O)(=O)c2ccc(NC(=O)CSCc3ccccc3Br)cc2)c1. The van der Waals surface area contributed by atoms with E-state index < -0.39 is 10.0 Å². The zero-order chi connectivity index (χ0) is 22.4. The van der Waals surface area contributed by atoms with Crippen LogP contribution in [0.4, 0.5) is 11.4 Å². The smallest absolute Gasteiger partial charge is 0.261 e. The molecule has 0 saturated carbocycles. The van der Waals surface area contributed by atoms with Gasteiger partial charge in [-0.05, 0) is 66.9 Å². The van der Waals surface area contributed by atoms with Crippen LogP contribution >= 0.6 is 27.7 Å². The van der Waals surface area contributed by atoms with E-state index in [1.54, 1.807) is 18.2 Å². The van der Waals surface area contributed by atoms with E-state index >= 15 is 0 Å². The molecule has 3 aromatic carbocycles. The minimum absolute atomic E-state index is 0.134. The van der Waals surface area contributed by atoms with Crippen LogP contribution in [-0.4, -0.2) is 20.1 Å². The van der Waals surface area contributed by atoms with Crippen molar-refractivity contribution in [3.8, 4) is 0 Å². The highest BCUT2D eigenvalue weighted by molar-refractivity contribution is 9.10. The molecule has 0 saturated heterocycles. The minimum Gasteiger partial charge on any atom is -0.325 e. The van der Waals surface area contributed by atoms with Crippen LogP contribution in [-0.2, 0) is 20.6 Å². The van der Waals surface area contributed by atoms with Crippen LogP contribution in [0.2, 0.25) is 0 Å². The topological polar surface area (TPSA) is 75.3 Å². The van der Waals surface area contributed by atoms with Crippen molar-refractivity contribution in [1.29, 1.82) is 0 Å². The fourth-order valence-electron chi connectivity index (χ4n) is 2.83. The molecule has 0 spiro atoms. The second-order valence-electron chi connectivity index (χ2n) is 7.08. The van der Waals surface area contributed by atoms with Crippen molar-refractivity contribution in [2.45, 2.75) is 24.5 Å². The van der Waals surface area contributed by atoms with Gasteiger partial charge in [-0.3, -0.25) is 9.52 Å². The van der Waals surface area contributed by atoms with Crippen LogP contribution in [0, 0.1) is 13.8 Å². The molecule has 0 aliphatic carbocycles. The van der Waals surface area contributed by atoms with Crippen LogP contribution in [0.5, 0.6) is 0 Å². The van der Waals surface area contributed by atoms with Gasteiger partial charge < -0.3 is 5.32 Å². The van der Waals surface area contributed by atoms with Gasteiger partial charge in [0.25, 0.3) is 10.0 Å². The number of carbonyl (C=O) groups excluding carboxylic acids is 1. The van der Waals surface area contributed by atoms with Gasteiger partial charge in [0.15, 0.2) is 0 Å². The summed E-state index contributed by atoms with van der Waals surface area (Å²) in [5.41, 5.74) is 4.06. The van der Waals surface area contributed by atoms with Crippen LogP contribution in [0.25, 0.3) is 0 Å². The van der Waals surface area contributed by atoms with Crippen molar-refractivity contribution < 1.29 is 13.2 Å². The third-order valence-corrected chi connectivity index (χ3v) is 7.67. The number of amides is 1. The normalized spacial score (nSPS) is 11.2. The van der Waals surface area contributed by atoms with Crippen LogP contribution in [0.1, 0.15) is 16.7 Å². The predicted molar refractivity (Wildman–Crippen MR) is 132 cm³/mol. The Bertz CT molecular complexity index is 1180. The number of sulfonamides is 1. The van der Waals surface area contributed by atoms with Crippen LogP contribution in [0.15, 0.2) is 76.1 Å². The van der Waals surface area contributed by atoms with Crippen molar-refractivity contribution in [2.75, 3.05) is 15.8 Å². The quantitative estimate of drug-likeness (QED) is 0.398. The number of thioether (sulfide) groups is 1. The lowest BCUT2D eigenvalue weighted by Gasteiger charge is -2.12. The van der Waals surface area contributed by atoms with Crippen molar-refractivity contribution in [3.63, 3.8) is 0 Å². The van der Waals surface area contributed by atoms with Crippen molar-refractivity contribution in [2.24, 2.45) is 0 Å². The average molecular weight is 519 g/mol. The second kappa shape index (κ2) is 10.3. The number of anilines is 2. The van der Waals surface area contributed by atoms with Gasteiger partial charge in [-0.25, -0.2) is 8.42 Å². The lowest BCUT2D eigenvalue weighted by atomic mass is 10.1. The van der Waals surface area contributed by atoms with E-state index in [0.29, 0.717) is 17.1 Å². The van der Waals surface area contributed by atoms with Crippen LogP contribution in [0.3, 0.4) is 0 Å². The lowest BCUT2D eigenvalue weighted by molar-refractivity contribution is -0.113. The summed E-state index contributed by atoms with van der Waals surface area (Å²) in [6.07, 6.45) is 0. The van der Waals surface area contributed by atoms with E-state index in [0.717, 1.165) is 26.9 Å². The van der Waals surface area contributed by atoms with Crippen molar-refractivity contribution in [3.05, 3.63) is 87.9 Å². The molecule has 0 radical (unpaired) electrons. The molecule has 0 unspecified atom stereocenters. The summed E-state index contributed by atoms with van der Waals surface area (Å²) in [6.45, 7) is 3.76. The Morgan fingerprint density at radius 1 is 1.00 bits per heavy atom. The summed E-state index contributed by atoms with van der Waals surface area (Å²) in [5.74, 6) is 0.882. The second-order valence-corrected chi connectivity index (χ2v) is 10.6. The Morgan fingerprint density at radius 3 is 2.42 bits per heavy atom. The molecular weight excluding hydrogens is 496 g/mol. The molecule has 0 heterocycles. The summed E-state index contributed by atoms with van der Waals surface area (Å²) in [4.78, 5) is 12.3. The summed E-state index contributed by atoms with van der Waals surface area (Å²) < 4.78 is 29.0. The first-order chi connectivity index (χ1) is 14.7. The summed E-state index contributed by atoms with van der Waals surface area (Å²) in [5, 5.41) is 2.80. The Morgan fingerprint density at radius 2 is 1.71 bits per heavy atom. The fourth-order valence-corrected chi connectivity index (χ4v) is 5.40. The van der Waals surface area contributed by atoms with Gasteiger partial charge in [0.1, 0.15) is 0 Å². The molecule has 3 aromatic rings. The maximum atomic E-state index is 12.7. The van der Waals surface area contributed by atoms with E-state index in [9.17, 15) is 13.2 Å². The molecule has 0 aliphatic rings. The van der Waals surface area contributed by atoms with Gasteiger partial charge in [-0.15, -0.1) is 11.8 Å². The molecular formula is C23H23BrN2O3S2. The van der Waals surface area contributed by atoms with E-state index in [1.165, 1.54) is 23.9 Å². The first-order valence-corrected chi connectivity index (χ1v) is 13.0. The molecule has 31 heavy (non-hydrogen) atoms. The maximum Gasteiger partial charge on any atom is 0.261 e. The first kappa shape index (κ1) is 23.4. The molecule has 2 N–H and O–H groups in total. The van der Waals surface area contributed by atoms with Gasteiger partial charge in [0.05, 0.1) is 16.3 Å². The van der Waals surface area contributed by atoms with Gasteiger partial charge >= 0.3 is 0 Å². The number of halogens is 1. The molecule has 0 bridgehead atoms. The molecule has 0 atom stereocenters. The van der Waals surface area contributed by atoms with Crippen molar-refractivity contribution >= 4 is 55.0 Å². The number of rotatable bonds is 8. The first-order valence-electron chi connectivity index (χ1n) is 9.56. The van der Waals surface area contributed by atoms with Crippen molar-refractivity contribution in [1.82, 2.24) is 0 Å². The number of aryl methyl sites for hydroxylation is 2. The summed E-state index contributed by atoms with van der Waals surface area (Å²) >= 11 is 5.01. The molecule has 1 amide bonds. The van der Waals surface area contributed by atoms with Gasteiger partial charge in [0.2, 0.25) is 5.91 Å². The predicted octanol–water partition coefficient (Wildman–Crippen LogP) is 5.74. The zero-order valence-electron chi connectivity index (χ0n) is 17.2. The number of carbonyl (C=O) groups is 1. The summed E-state index contributed by atoms with van der Waals surface area (Å²) in [6, 6.07) is 19.7. The third kappa shape index (κ3) is 6.59. The Hall–Kier alpha value is -2.29. The Kier molecular flexibility index (Phi) is 7.80. The molecule has 162 valence electrons. The van der Waals surface area contributed by atoms with E-state index in [4.69, 9.17) is 0 Å². The fraction of sp³-hybridized carbons (Fsp3) is 0.174. The van der Waals surface area contributed by atoms with E-state index in [2.05, 4.69) is 26.0 Å². The summed E-state index contributed by atoms with van der Waals surface area (Å²) in [7, 11) is -3.72. The van der Waals surface area contributed by atoms with Gasteiger partial charge in [-0.1, -0.05) is 46.3 Å². The minimum atomic E-state index is -3.72. The maximum absolute atomic E-state index is 12.7. The highest BCUT2D eigenvalue weighted by Crippen LogP contribution is 2.23. The number of benzene rings is 3. The van der Waals surface area contributed by atoms with Gasteiger partial charge in [0, 0.05) is 15.9 Å². The monoisotopic (exact) mass is 518 g/mol. The Labute approximate surface area is 195 Å². The molecule has 0 aliphatic heterocycles.